The maximum Gasteiger partial charge on any atom is 0.288 e. The summed E-state index contributed by atoms with van der Waals surface area (Å²) in [5, 5.41) is 13.3. The van der Waals surface area contributed by atoms with Crippen LogP contribution in [-0.4, -0.2) is 15.4 Å². The van der Waals surface area contributed by atoms with E-state index >= 15 is 0 Å². The van der Waals surface area contributed by atoms with Crippen LogP contribution in [0, 0.1) is 10.1 Å². The number of benzene rings is 1. The van der Waals surface area contributed by atoms with Gasteiger partial charge in [0.2, 0.25) is 0 Å². The molecule has 1 aromatic carbocycles. The molecule has 2 aromatic rings. The molecule has 0 aliphatic rings. The lowest BCUT2D eigenvalue weighted by atomic mass is 10.2. The average Bonchev–Trinajstić information content (AvgIpc) is 2.68. The van der Waals surface area contributed by atoms with Crippen LogP contribution in [0.2, 0.25) is 5.02 Å². The smallest absolute Gasteiger partial charge is 0.288 e. The second-order valence-corrected chi connectivity index (χ2v) is 5.35. The topological polar surface area (TPSA) is 77.2 Å². The van der Waals surface area contributed by atoms with Crippen molar-refractivity contribution in [3.05, 3.63) is 55.8 Å². The van der Waals surface area contributed by atoms with Gasteiger partial charge in [-0.25, -0.2) is 0 Å². The molecule has 6 nitrogen and oxygen atoms in total. The van der Waals surface area contributed by atoms with E-state index < -0.39 is 4.92 Å². The van der Waals surface area contributed by atoms with Crippen molar-refractivity contribution in [3.63, 3.8) is 0 Å². The molecule has 0 saturated carbocycles. The molecule has 2 rings (SSSR count). The normalized spacial score (nSPS) is 10.3. The first kappa shape index (κ1) is 14.5. The highest BCUT2D eigenvalue weighted by Crippen LogP contribution is 2.27. The molecule has 0 fully saturated rings. The number of hydrogen-bond acceptors (Lipinski definition) is 3. The number of anilines is 1. The van der Waals surface area contributed by atoms with E-state index in [0.717, 1.165) is 4.47 Å². The Morgan fingerprint density at radius 1 is 1.45 bits per heavy atom. The highest BCUT2D eigenvalue weighted by Gasteiger charge is 2.15. The molecular formula is C12H9BrClN3O3. The lowest BCUT2D eigenvalue weighted by molar-refractivity contribution is -0.384. The van der Waals surface area contributed by atoms with Crippen LogP contribution in [-0.2, 0) is 7.05 Å². The summed E-state index contributed by atoms with van der Waals surface area (Å²) in [6.45, 7) is 0. The van der Waals surface area contributed by atoms with Crippen molar-refractivity contribution >= 4 is 44.8 Å². The third-order valence-electron chi connectivity index (χ3n) is 2.61. The van der Waals surface area contributed by atoms with E-state index in [1.807, 2.05) is 0 Å². The summed E-state index contributed by atoms with van der Waals surface area (Å²) in [6, 6.07) is 5.69. The molecule has 1 aromatic heterocycles. The summed E-state index contributed by atoms with van der Waals surface area (Å²) in [5.41, 5.74) is 0.639. The molecule has 1 amide bonds. The molecule has 0 aliphatic heterocycles. The number of rotatable bonds is 3. The summed E-state index contributed by atoms with van der Waals surface area (Å²) >= 11 is 9.06. The van der Waals surface area contributed by atoms with Gasteiger partial charge < -0.3 is 9.88 Å². The largest absolute Gasteiger partial charge is 0.345 e. The Balaban J connectivity index is 2.22. The lowest BCUT2D eigenvalue weighted by Gasteiger charge is -2.06. The number of halogens is 2. The van der Waals surface area contributed by atoms with Gasteiger partial charge in [0.05, 0.1) is 4.92 Å². The van der Waals surface area contributed by atoms with Crippen LogP contribution in [0.1, 0.15) is 10.5 Å². The lowest BCUT2D eigenvalue weighted by Crippen LogP contribution is -2.15. The maximum absolute atomic E-state index is 12.0. The molecule has 0 atom stereocenters. The Bertz CT molecular complexity index is 699. The molecule has 1 heterocycles. The van der Waals surface area contributed by atoms with Gasteiger partial charge in [-0.3, -0.25) is 14.9 Å². The fraction of sp³-hybridized carbons (Fsp3) is 0.0833. The van der Waals surface area contributed by atoms with Gasteiger partial charge in [-0.2, -0.15) is 0 Å². The number of amides is 1. The number of nitrogens with one attached hydrogen (secondary N) is 1. The van der Waals surface area contributed by atoms with Gasteiger partial charge in [0, 0.05) is 29.5 Å². The number of hydrogen-bond donors (Lipinski definition) is 1. The molecule has 0 saturated heterocycles. The number of nitro groups is 1. The summed E-state index contributed by atoms with van der Waals surface area (Å²) in [5.74, 6) is -0.330. The number of nitrogens with zero attached hydrogens (tertiary/aromatic N) is 2. The molecule has 8 heteroatoms. The molecule has 0 radical (unpaired) electrons. The van der Waals surface area contributed by atoms with E-state index in [2.05, 4.69) is 21.2 Å². The number of aryl methyl sites for hydroxylation is 1. The zero-order chi connectivity index (χ0) is 14.9. The van der Waals surface area contributed by atoms with Gasteiger partial charge in [0.25, 0.3) is 11.6 Å². The molecule has 20 heavy (non-hydrogen) atoms. The zero-order valence-electron chi connectivity index (χ0n) is 10.3. The summed E-state index contributed by atoms with van der Waals surface area (Å²) in [6.07, 6.45) is 1.75. The van der Waals surface area contributed by atoms with Gasteiger partial charge in [0.15, 0.2) is 0 Å². The number of carbonyl (C=O) groups excluding carboxylic acids is 1. The molecule has 0 spiro atoms. The summed E-state index contributed by atoms with van der Waals surface area (Å²) in [7, 11) is 1.74. The van der Waals surface area contributed by atoms with E-state index in [4.69, 9.17) is 11.6 Å². The first-order valence-corrected chi connectivity index (χ1v) is 6.62. The molecular weight excluding hydrogens is 350 g/mol. The molecule has 0 bridgehead atoms. The zero-order valence-corrected chi connectivity index (χ0v) is 12.6. The summed E-state index contributed by atoms with van der Waals surface area (Å²) in [4.78, 5) is 22.1. The first-order valence-electron chi connectivity index (χ1n) is 5.45. The number of aromatic nitrogens is 1. The van der Waals surface area contributed by atoms with Crippen LogP contribution in [0.5, 0.6) is 0 Å². The predicted octanol–water partition coefficient (Wildman–Crippen LogP) is 3.60. The fourth-order valence-corrected chi connectivity index (χ4v) is 2.45. The van der Waals surface area contributed by atoms with Crippen LogP contribution in [0.4, 0.5) is 11.4 Å². The monoisotopic (exact) mass is 357 g/mol. The minimum absolute atomic E-state index is 0.0270. The van der Waals surface area contributed by atoms with Crippen molar-refractivity contribution in [1.29, 1.82) is 0 Å². The van der Waals surface area contributed by atoms with Crippen molar-refractivity contribution < 1.29 is 9.72 Å². The first-order chi connectivity index (χ1) is 9.38. The van der Waals surface area contributed by atoms with Crippen molar-refractivity contribution in [2.24, 2.45) is 7.05 Å². The molecule has 1 N–H and O–H groups in total. The van der Waals surface area contributed by atoms with Gasteiger partial charge >= 0.3 is 0 Å². The molecule has 104 valence electrons. The third-order valence-corrected chi connectivity index (χ3v) is 3.34. The second-order valence-electron chi connectivity index (χ2n) is 4.03. The van der Waals surface area contributed by atoms with E-state index in [-0.39, 0.29) is 16.6 Å². The SMILES string of the molecule is Cn1cc(Br)cc1C(=O)Nc1ccc([N+](=O)[O-])c(Cl)c1. The van der Waals surface area contributed by atoms with Gasteiger partial charge in [-0.1, -0.05) is 11.6 Å². The van der Waals surface area contributed by atoms with Crippen LogP contribution in [0.15, 0.2) is 34.9 Å². The van der Waals surface area contributed by atoms with Gasteiger partial charge in [-0.05, 0) is 34.1 Å². The molecule has 0 unspecified atom stereocenters. The predicted molar refractivity (Wildman–Crippen MR) is 79.2 cm³/mol. The minimum Gasteiger partial charge on any atom is -0.345 e. The van der Waals surface area contributed by atoms with Crippen LogP contribution in [0.3, 0.4) is 0 Å². The van der Waals surface area contributed by atoms with Crippen molar-refractivity contribution in [3.8, 4) is 0 Å². The third kappa shape index (κ3) is 3.00. The van der Waals surface area contributed by atoms with Crippen LogP contribution >= 0.6 is 27.5 Å². The van der Waals surface area contributed by atoms with Crippen molar-refractivity contribution in [2.75, 3.05) is 5.32 Å². The quantitative estimate of drug-likeness (QED) is 0.672. The van der Waals surface area contributed by atoms with E-state index in [9.17, 15) is 14.9 Å². The minimum atomic E-state index is -0.581. The Labute approximate surface area is 127 Å². The van der Waals surface area contributed by atoms with E-state index in [1.165, 1.54) is 18.2 Å². The van der Waals surface area contributed by atoms with Crippen LogP contribution < -0.4 is 5.32 Å². The van der Waals surface area contributed by atoms with Gasteiger partial charge in [0.1, 0.15) is 10.7 Å². The average molecular weight is 359 g/mol. The number of carbonyl (C=O) groups is 1. The van der Waals surface area contributed by atoms with E-state index in [0.29, 0.717) is 11.4 Å². The Morgan fingerprint density at radius 3 is 2.65 bits per heavy atom. The fourth-order valence-electron chi connectivity index (χ4n) is 1.68. The number of nitro benzene ring substituents is 1. The van der Waals surface area contributed by atoms with Crippen molar-refractivity contribution in [2.45, 2.75) is 0 Å². The maximum atomic E-state index is 12.0. The highest BCUT2D eigenvalue weighted by molar-refractivity contribution is 9.10. The second kappa shape index (κ2) is 5.64. The standard InChI is InChI=1S/C12H9BrClN3O3/c1-16-6-7(13)4-11(16)12(18)15-8-2-3-10(17(19)20)9(14)5-8/h2-6H,1H3,(H,15,18). The highest BCUT2D eigenvalue weighted by atomic mass is 79.9. The molecule has 0 aliphatic carbocycles. The Kier molecular flexibility index (Phi) is 4.10. The van der Waals surface area contributed by atoms with E-state index in [1.54, 1.807) is 23.9 Å². The summed E-state index contributed by atoms with van der Waals surface area (Å²) < 4.78 is 2.44. The van der Waals surface area contributed by atoms with Crippen LogP contribution in [0.25, 0.3) is 0 Å². The Hall–Kier alpha value is -1.86. The van der Waals surface area contributed by atoms with Crippen molar-refractivity contribution in [1.82, 2.24) is 4.57 Å². The van der Waals surface area contributed by atoms with Gasteiger partial charge in [-0.15, -0.1) is 0 Å². The Morgan fingerprint density at radius 2 is 2.15 bits per heavy atom.